The standard InChI is InChI=1S/C32H44N6O5/c1-7-17-35(6)28(40)25-26-29(41)38(24(19-39)21(5)9-3)27(32(26)16-15-31(25,10-4)43-32)30(42)36(18-8-2)20-37-23-14-12-11-13-22(23)33-34-37/h7-8,11-14,21,24-27,39H,1-2,9-10,15-20H2,3-6H3/t21-,24-,25-,26-,27?,31+,32?/m0/s1. The summed E-state index contributed by atoms with van der Waals surface area (Å²) in [5, 5.41) is 19.2. The van der Waals surface area contributed by atoms with Gasteiger partial charge in [0.2, 0.25) is 17.7 Å². The van der Waals surface area contributed by atoms with Gasteiger partial charge in [0.1, 0.15) is 23.8 Å². The second kappa shape index (κ2) is 11.8. The molecular formula is C32H44N6O5. The van der Waals surface area contributed by atoms with Crippen molar-refractivity contribution in [1.29, 1.82) is 0 Å². The maximum absolute atomic E-state index is 14.9. The van der Waals surface area contributed by atoms with E-state index < -0.39 is 35.1 Å². The van der Waals surface area contributed by atoms with Crippen LogP contribution in [0, 0.1) is 17.8 Å². The number of likely N-dealkylation sites (tertiary alicyclic amines) is 1. The third-order valence-corrected chi connectivity index (χ3v) is 10.1. The molecule has 1 spiro atoms. The van der Waals surface area contributed by atoms with Crippen molar-refractivity contribution in [2.75, 3.05) is 26.7 Å². The highest BCUT2D eigenvalue weighted by molar-refractivity contribution is 5.99. The lowest BCUT2D eigenvalue weighted by Crippen LogP contribution is -2.60. The molecule has 4 heterocycles. The van der Waals surface area contributed by atoms with E-state index in [-0.39, 0.29) is 43.5 Å². The number of fused-ring (bicyclic) bond motifs is 2. The molecule has 0 radical (unpaired) electrons. The number of hydrogen-bond donors (Lipinski definition) is 1. The number of para-hydroxylation sites is 1. The molecule has 5 rings (SSSR count). The Bertz CT molecular complexity index is 1410. The van der Waals surface area contributed by atoms with Crippen LogP contribution in [0.15, 0.2) is 49.6 Å². The van der Waals surface area contributed by atoms with Gasteiger partial charge in [-0.25, -0.2) is 4.68 Å². The van der Waals surface area contributed by atoms with E-state index in [2.05, 4.69) is 23.5 Å². The summed E-state index contributed by atoms with van der Waals surface area (Å²) in [7, 11) is 1.70. The van der Waals surface area contributed by atoms with Crippen LogP contribution in [0.5, 0.6) is 0 Å². The summed E-state index contributed by atoms with van der Waals surface area (Å²) in [6.45, 7) is 13.9. The lowest BCUT2D eigenvalue weighted by Gasteiger charge is -2.41. The first-order chi connectivity index (χ1) is 20.6. The molecule has 3 amide bonds. The van der Waals surface area contributed by atoms with Gasteiger partial charge in [0.05, 0.1) is 35.6 Å². The molecule has 3 aliphatic rings. The minimum atomic E-state index is -1.20. The average molecular weight is 593 g/mol. The zero-order valence-corrected chi connectivity index (χ0v) is 25.7. The van der Waals surface area contributed by atoms with E-state index in [1.165, 1.54) is 0 Å². The molecule has 1 N–H and O–H groups in total. The van der Waals surface area contributed by atoms with Crippen molar-refractivity contribution < 1.29 is 24.2 Å². The van der Waals surface area contributed by atoms with Crippen LogP contribution >= 0.6 is 0 Å². The minimum Gasteiger partial charge on any atom is -0.394 e. The summed E-state index contributed by atoms with van der Waals surface area (Å²) in [6, 6.07) is 5.86. The lowest BCUT2D eigenvalue weighted by atomic mass is 9.64. The first-order valence-electron chi connectivity index (χ1n) is 15.3. The van der Waals surface area contributed by atoms with E-state index in [1.54, 1.807) is 38.6 Å². The van der Waals surface area contributed by atoms with Gasteiger partial charge in [-0.3, -0.25) is 14.4 Å². The van der Waals surface area contributed by atoms with Crippen molar-refractivity contribution in [1.82, 2.24) is 29.7 Å². The molecule has 1 aromatic carbocycles. The number of aliphatic hydroxyl groups excluding tert-OH is 1. The summed E-state index contributed by atoms with van der Waals surface area (Å²) in [4.78, 5) is 48.3. The molecule has 2 aromatic rings. The van der Waals surface area contributed by atoms with E-state index in [1.807, 2.05) is 45.0 Å². The Hall–Kier alpha value is -3.57. The fraction of sp³-hybridized carbons (Fsp3) is 0.594. The van der Waals surface area contributed by atoms with Crippen LogP contribution in [0.4, 0.5) is 0 Å². The number of rotatable bonds is 13. The Morgan fingerprint density at radius 3 is 2.56 bits per heavy atom. The van der Waals surface area contributed by atoms with Gasteiger partial charge in [0, 0.05) is 20.1 Å². The Labute approximate surface area is 253 Å². The van der Waals surface area contributed by atoms with E-state index in [9.17, 15) is 19.5 Å². The number of nitrogens with zero attached hydrogens (tertiary/aromatic N) is 6. The van der Waals surface area contributed by atoms with Gasteiger partial charge in [-0.05, 0) is 37.3 Å². The fourth-order valence-electron chi connectivity index (χ4n) is 7.73. The van der Waals surface area contributed by atoms with E-state index in [4.69, 9.17) is 4.74 Å². The van der Waals surface area contributed by atoms with Crippen molar-refractivity contribution in [3.63, 3.8) is 0 Å². The van der Waals surface area contributed by atoms with Gasteiger partial charge in [0.25, 0.3) is 0 Å². The maximum Gasteiger partial charge on any atom is 0.250 e. The van der Waals surface area contributed by atoms with E-state index in [0.29, 0.717) is 37.7 Å². The number of hydrogen-bond acceptors (Lipinski definition) is 7. The number of benzene rings is 1. The van der Waals surface area contributed by atoms with Crippen molar-refractivity contribution in [2.24, 2.45) is 17.8 Å². The molecule has 11 heteroatoms. The SMILES string of the molecule is C=CCN(C)C(=O)[C@@H]1[C@H]2C(=O)N([C@@H](CO)[C@@H](C)CC)C(C(=O)N(CC=C)Cn3nnc4ccccc43)C23CC[C@@]1(CC)O3. The molecule has 3 aliphatic heterocycles. The predicted octanol–water partition coefficient (Wildman–Crippen LogP) is 2.61. The summed E-state index contributed by atoms with van der Waals surface area (Å²) < 4.78 is 8.59. The highest BCUT2D eigenvalue weighted by Gasteiger charge is 2.79. The van der Waals surface area contributed by atoms with Crippen LogP contribution in [0.3, 0.4) is 0 Å². The van der Waals surface area contributed by atoms with Crippen molar-refractivity contribution >= 4 is 28.8 Å². The number of carbonyl (C=O) groups excluding carboxylic acids is 3. The minimum absolute atomic E-state index is 0.0844. The van der Waals surface area contributed by atoms with Crippen LogP contribution in [0.25, 0.3) is 11.0 Å². The number of aliphatic hydroxyl groups is 1. The molecule has 232 valence electrons. The first-order valence-corrected chi connectivity index (χ1v) is 15.3. The Kier molecular flexibility index (Phi) is 8.50. The number of ether oxygens (including phenoxy) is 1. The van der Waals surface area contributed by atoms with Crippen LogP contribution in [-0.4, -0.2) is 103 Å². The summed E-state index contributed by atoms with van der Waals surface area (Å²) in [5.41, 5.74) is -0.584. The molecular weight excluding hydrogens is 548 g/mol. The number of carbonyl (C=O) groups is 3. The predicted molar refractivity (Wildman–Crippen MR) is 161 cm³/mol. The summed E-state index contributed by atoms with van der Waals surface area (Å²) in [5.74, 6) is -2.49. The van der Waals surface area contributed by atoms with Gasteiger partial charge in [-0.1, -0.05) is 56.7 Å². The largest absolute Gasteiger partial charge is 0.394 e. The van der Waals surface area contributed by atoms with E-state index >= 15 is 0 Å². The normalized spacial score (nSPS) is 29.0. The van der Waals surface area contributed by atoms with E-state index in [0.717, 1.165) is 5.52 Å². The van der Waals surface area contributed by atoms with Crippen LogP contribution in [0.2, 0.25) is 0 Å². The maximum atomic E-state index is 14.9. The summed E-state index contributed by atoms with van der Waals surface area (Å²) in [6.07, 6.45) is 5.55. The van der Waals surface area contributed by atoms with Crippen LogP contribution in [0.1, 0.15) is 46.5 Å². The third kappa shape index (κ3) is 4.68. The van der Waals surface area contributed by atoms with Gasteiger partial charge in [-0.2, -0.15) is 0 Å². The topological polar surface area (TPSA) is 121 Å². The highest BCUT2D eigenvalue weighted by Crippen LogP contribution is 2.65. The lowest BCUT2D eigenvalue weighted by molar-refractivity contribution is -0.159. The van der Waals surface area contributed by atoms with Gasteiger partial charge in [0.15, 0.2) is 0 Å². The smallest absolute Gasteiger partial charge is 0.250 e. The third-order valence-electron chi connectivity index (χ3n) is 10.1. The molecule has 2 unspecified atom stereocenters. The molecule has 0 aliphatic carbocycles. The van der Waals surface area contributed by atoms with Crippen molar-refractivity contribution in [3.05, 3.63) is 49.6 Å². The summed E-state index contributed by atoms with van der Waals surface area (Å²) >= 11 is 0. The molecule has 3 saturated heterocycles. The van der Waals surface area contributed by atoms with Crippen molar-refractivity contribution in [3.8, 4) is 0 Å². The van der Waals surface area contributed by atoms with Crippen LogP contribution < -0.4 is 0 Å². The Morgan fingerprint density at radius 2 is 1.91 bits per heavy atom. The fourth-order valence-corrected chi connectivity index (χ4v) is 7.73. The second-order valence-electron chi connectivity index (χ2n) is 12.3. The molecule has 11 nitrogen and oxygen atoms in total. The molecule has 3 fully saturated rings. The monoisotopic (exact) mass is 592 g/mol. The molecule has 43 heavy (non-hydrogen) atoms. The van der Waals surface area contributed by atoms with Crippen molar-refractivity contribution in [2.45, 2.75) is 76.4 Å². The Morgan fingerprint density at radius 1 is 1.19 bits per heavy atom. The number of aromatic nitrogens is 3. The molecule has 0 saturated carbocycles. The molecule has 7 atom stereocenters. The number of likely N-dealkylation sites (N-methyl/N-ethyl adjacent to an activating group) is 1. The number of amides is 3. The zero-order chi connectivity index (χ0) is 31.1. The van der Waals surface area contributed by atoms with Crippen LogP contribution in [-0.2, 0) is 25.8 Å². The quantitative estimate of drug-likeness (QED) is 0.355. The van der Waals surface area contributed by atoms with Gasteiger partial charge < -0.3 is 24.5 Å². The first kappa shape index (κ1) is 30.9. The van der Waals surface area contributed by atoms with Gasteiger partial charge in [-0.15, -0.1) is 18.3 Å². The Balaban J connectivity index is 1.62. The highest BCUT2D eigenvalue weighted by atomic mass is 16.5. The zero-order valence-electron chi connectivity index (χ0n) is 25.7. The molecule has 1 aromatic heterocycles. The second-order valence-corrected chi connectivity index (χ2v) is 12.3. The van der Waals surface area contributed by atoms with Gasteiger partial charge >= 0.3 is 0 Å². The molecule has 2 bridgehead atoms. The average Bonchev–Trinajstić information content (AvgIpc) is 3.74.